The summed E-state index contributed by atoms with van der Waals surface area (Å²) in [5, 5.41) is 10.1. The Morgan fingerprint density at radius 3 is 2.78 bits per heavy atom. The highest BCUT2D eigenvalue weighted by Gasteiger charge is 2.62. The van der Waals surface area contributed by atoms with Crippen LogP contribution in [0, 0.1) is 17.8 Å². The van der Waals surface area contributed by atoms with Crippen LogP contribution in [0.3, 0.4) is 0 Å². The monoisotopic (exact) mass is 384 g/mol. The quantitative estimate of drug-likeness (QED) is 0.465. The second kappa shape index (κ2) is 10.4. The van der Waals surface area contributed by atoms with E-state index >= 15 is 0 Å². The van der Waals surface area contributed by atoms with Gasteiger partial charge in [0.05, 0.1) is 11.7 Å². The fraction of sp³-hybridized carbons (Fsp3) is 0.900. The molecule has 7 heteroatoms. The highest BCUT2D eigenvalue weighted by molar-refractivity contribution is 5.78. The van der Waals surface area contributed by atoms with E-state index in [4.69, 9.17) is 19.4 Å². The second-order valence-corrected chi connectivity index (χ2v) is 7.98. The molecule has 27 heavy (non-hydrogen) atoms. The van der Waals surface area contributed by atoms with Gasteiger partial charge in [-0.3, -0.25) is 14.5 Å². The summed E-state index contributed by atoms with van der Waals surface area (Å²) in [5.74, 6) is 1.46. The maximum absolute atomic E-state index is 12.3. The fourth-order valence-electron chi connectivity index (χ4n) is 5.18. The third kappa shape index (κ3) is 5.00. The van der Waals surface area contributed by atoms with Crippen LogP contribution in [0.25, 0.3) is 0 Å². The molecule has 0 unspecified atom stereocenters. The van der Waals surface area contributed by atoms with Crippen molar-refractivity contribution in [3.63, 3.8) is 0 Å². The first kappa shape index (κ1) is 22.1. The van der Waals surface area contributed by atoms with Gasteiger partial charge >= 0.3 is 0 Å². The van der Waals surface area contributed by atoms with Gasteiger partial charge in [0.15, 0.2) is 0 Å². The van der Waals surface area contributed by atoms with Crippen LogP contribution < -0.4 is 5.32 Å². The van der Waals surface area contributed by atoms with Crippen LogP contribution in [0.2, 0.25) is 0 Å². The van der Waals surface area contributed by atoms with Gasteiger partial charge in [-0.05, 0) is 32.1 Å². The van der Waals surface area contributed by atoms with E-state index in [2.05, 4.69) is 24.1 Å². The highest BCUT2D eigenvalue weighted by atomic mass is 16.5. The number of likely N-dealkylation sites (tertiary alicyclic amines) is 1. The number of carbonyl (C=O) groups excluding carboxylic acids is 1. The molecule has 1 spiro atoms. The predicted octanol–water partition coefficient (Wildman–Crippen LogP) is 1.76. The van der Waals surface area contributed by atoms with E-state index < -0.39 is 0 Å². The molecule has 3 saturated heterocycles. The molecule has 0 aromatic rings. The Morgan fingerprint density at radius 1 is 1.44 bits per heavy atom. The Morgan fingerprint density at radius 2 is 2.15 bits per heavy atom. The number of carboxylic acid groups (broad SMARTS) is 1. The number of carbonyl (C=O) groups is 2. The summed E-state index contributed by atoms with van der Waals surface area (Å²) >= 11 is 0. The molecule has 2 N–H and O–H groups in total. The number of fused-ring (bicyclic) bond motifs is 1. The van der Waals surface area contributed by atoms with Crippen molar-refractivity contribution in [1.29, 1.82) is 0 Å². The van der Waals surface area contributed by atoms with Crippen LogP contribution in [0.4, 0.5) is 0 Å². The highest BCUT2D eigenvalue weighted by Crippen LogP contribution is 2.54. The van der Waals surface area contributed by atoms with Crippen LogP contribution in [0.5, 0.6) is 0 Å². The standard InChI is InChI=1S/C19H34N2O3.CH2O2/c1-4-14(5-2)18(22)20-11-15-16-12-21(9-6-10-23-3)13-19(16)8-7-17(15)24-19;2-1-3/h14-17H,4-13H2,1-3H3,(H,20,22);1H,(H,2,3)/t15-,16+,17+,19+;/m0./s1. The maximum atomic E-state index is 12.3. The Bertz CT molecular complexity index is 485. The van der Waals surface area contributed by atoms with Gasteiger partial charge < -0.3 is 19.9 Å². The number of ether oxygens (including phenoxy) is 2. The van der Waals surface area contributed by atoms with Crippen molar-refractivity contribution in [3.8, 4) is 0 Å². The normalized spacial score (nSPS) is 31.5. The largest absolute Gasteiger partial charge is 0.483 e. The Balaban J connectivity index is 0.000000817. The van der Waals surface area contributed by atoms with Gasteiger partial charge in [0, 0.05) is 57.6 Å². The molecule has 156 valence electrons. The molecule has 1 amide bonds. The van der Waals surface area contributed by atoms with Crippen LogP contribution in [-0.4, -0.2) is 74.0 Å². The summed E-state index contributed by atoms with van der Waals surface area (Å²) in [6.07, 6.45) is 5.65. The second-order valence-electron chi connectivity index (χ2n) is 7.98. The van der Waals surface area contributed by atoms with Crippen molar-refractivity contribution in [3.05, 3.63) is 0 Å². The zero-order chi connectivity index (χ0) is 19.9. The SMILES string of the molecule is CCC(CC)C(=O)NC[C@H]1[C@H]2CN(CCCOC)C[C@]23CC[C@H]1O3.O=CO. The van der Waals surface area contributed by atoms with Gasteiger partial charge in [0.2, 0.25) is 5.91 Å². The van der Waals surface area contributed by atoms with Crippen LogP contribution >= 0.6 is 0 Å². The van der Waals surface area contributed by atoms with Crippen LogP contribution in [0.1, 0.15) is 46.0 Å². The molecule has 3 rings (SSSR count). The molecular formula is C20H36N2O5. The molecule has 0 aliphatic carbocycles. The third-order valence-electron chi connectivity index (χ3n) is 6.55. The smallest absolute Gasteiger partial charge is 0.290 e. The average Bonchev–Trinajstić information content (AvgIpc) is 3.30. The van der Waals surface area contributed by atoms with Crippen LogP contribution in [-0.2, 0) is 19.1 Å². The zero-order valence-corrected chi connectivity index (χ0v) is 17.0. The summed E-state index contributed by atoms with van der Waals surface area (Å²) in [7, 11) is 1.76. The first-order valence-corrected chi connectivity index (χ1v) is 10.3. The van der Waals surface area contributed by atoms with E-state index in [1.807, 2.05) is 0 Å². The zero-order valence-electron chi connectivity index (χ0n) is 17.0. The van der Waals surface area contributed by atoms with Gasteiger partial charge in [0.25, 0.3) is 6.47 Å². The van der Waals surface area contributed by atoms with E-state index in [0.717, 1.165) is 58.5 Å². The molecule has 7 nitrogen and oxygen atoms in total. The molecule has 3 aliphatic rings. The van der Waals surface area contributed by atoms with Gasteiger partial charge in [-0.25, -0.2) is 0 Å². The molecule has 0 saturated carbocycles. The number of hydrogen-bond acceptors (Lipinski definition) is 5. The molecule has 3 fully saturated rings. The summed E-state index contributed by atoms with van der Waals surface area (Å²) in [6, 6.07) is 0. The minimum atomic E-state index is -0.250. The van der Waals surface area contributed by atoms with E-state index in [1.165, 1.54) is 6.42 Å². The number of methoxy groups -OCH3 is 1. The predicted molar refractivity (Wildman–Crippen MR) is 103 cm³/mol. The molecule has 0 aromatic carbocycles. The Labute approximate surface area is 162 Å². The van der Waals surface area contributed by atoms with Crippen molar-refractivity contribution in [2.45, 2.75) is 57.7 Å². The lowest BCUT2D eigenvalue weighted by atomic mass is 9.73. The fourth-order valence-corrected chi connectivity index (χ4v) is 5.18. The Hall–Kier alpha value is -1.18. The van der Waals surface area contributed by atoms with Gasteiger partial charge in [-0.15, -0.1) is 0 Å². The third-order valence-corrected chi connectivity index (χ3v) is 6.55. The van der Waals surface area contributed by atoms with Gasteiger partial charge in [0.1, 0.15) is 0 Å². The summed E-state index contributed by atoms with van der Waals surface area (Å²) in [4.78, 5) is 23.2. The van der Waals surface area contributed by atoms with E-state index in [0.29, 0.717) is 17.9 Å². The first-order valence-electron chi connectivity index (χ1n) is 10.3. The van der Waals surface area contributed by atoms with E-state index in [1.54, 1.807) is 7.11 Å². The van der Waals surface area contributed by atoms with E-state index in [-0.39, 0.29) is 23.9 Å². The molecule has 2 bridgehead atoms. The number of rotatable bonds is 9. The molecule has 0 radical (unpaired) electrons. The topological polar surface area (TPSA) is 88.1 Å². The molecule has 0 aromatic heterocycles. The summed E-state index contributed by atoms with van der Waals surface area (Å²) in [6.45, 7) is 8.83. The molecule has 3 heterocycles. The minimum absolute atomic E-state index is 0.0715. The number of nitrogens with one attached hydrogen (secondary N) is 1. The van der Waals surface area contributed by atoms with Crippen molar-refractivity contribution in [2.24, 2.45) is 17.8 Å². The van der Waals surface area contributed by atoms with Gasteiger partial charge in [-0.2, -0.15) is 0 Å². The molecule has 4 atom stereocenters. The first-order chi connectivity index (χ1) is 13.0. The van der Waals surface area contributed by atoms with Crippen molar-refractivity contribution < 1.29 is 24.2 Å². The van der Waals surface area contributed by atoms with Gasteiger partial charge in [-0.1, -0.05) is 13.8 Å². The molecule has 3 aliphatic heterocycles. The lowest BCUT2D eigenvalue weighted by Crippen LogP contribution is -2.43. The van der Waals surface area contributed by atoms with Crippen molar-refractivity contribution in [1.82, 2.24) is 10.2 Å². The maximum Gasteiger partial charge on any atom is 0.290 e. The number of amides is 1. The van der Waals surface area contributed by atoms with Crippen molar-refractivity contribution in [2.75, 3.05) is 39.9 Å². The minimum Gasteiger partial charge on any atom is -0.483 e. The van der Waals surface area contributed by atoms with E-state index in [9.17, 15) is 4.79 Å². The average molecular weight is 385 g/mol. The van der Waals surface area contributed by atoms with Crippen molar-refractivity contribution >= 4 is 12.4 Å². The number of nitrogens with zero attached hydrogens (tertiary/aromatic N) is 1. The lowest BCUT2D eigenvalue weighted by molar-refractivity contribution is -0.125. The Kier molecular flexibility index (Phi) is 8.51. The summed E-state index contributed by atoms with van der Waals surface area (Å²) in [5.41, 5.74) is 0.0715. The lowest BCUT2D eigenvalue weighted by Gasteiger charge is -2.30. The number of hydrogen-bond donors (Lipinski definition) is 2. The molecular weight excluding hydrogens is 348 g/mol. The van der Waals surface area contributed by atoms with Crippen LogP contribution in [0.15, 0.2) is 0 Å². The summed E-state index contributed by atoms with van der Waals surface area (Å²) < 4.78 is 11.6.